The summed E-state index contributed by atoms with van der Waals surface area (Å²) in [5, 5.41) is 0.847. The van der Waals surface area contributed by atoms with Gasteiger partial charge in [-0.25, -0.2) is 4.98 Å². The number of nitrogens with one attached hydrogen (secondary N) is 1. The second-order valence-electron chi connectivity index (χ2n) is 7.15. The Morgan fingerprint density at radius 3 is 2.69 bits per heavy atom. The molecule has 5 nitrogen and oxygen atoms in total. The minimum Gasteiger partial charge on any atom is -0.369 e. The van der Waals surface area contributed by atoms with Gasteiger partial charge in [0.15, 0.2) is 0 Å². The zero-order valence-corrected chi connectivity index (χ0v) is 15.5. The largest absolute Gasteiger partial charge is 0.369 e. The van der Waals surface area contributed by atoms with Crippen LogP contribution in [-0.4, -0.2) is 41.0 Å². The van der Waals surface area contributed by atoms with Gasteiger partial charge in [-0.3, -0.25) is 9.69 Å². The van der Waals surface area contributed by atoms with E-state index in [0.29, 0.717) is 0 Å². The monoisotopic (exact) mass is 366 g/mol. The van der Waals surface area contributed by atoms with Crippen molar-refractivity contribution < 1.29 is 0 Å². The summed E-state index contributed by atoms with van der Waals surface area (Å²) in [7, 11) is 0. The number of aromatic nitrogens is 2. The average Bonchev–Trinajstić information content (AvgIpc) is 3.24. The first-order chi connectivity index (χ1) is 12.8. The highest BCUT2D eigenvalue weighted by Gasteiger charge is 2.22. The number of rotatable bonds is 3. The maximum Gasteiger partial charge on any atom is 0.259 e. The van der Waals surface area contributed by atoms with Crippen LogP contribution in [0.25, 0.3) is 10.2 Å². The fraction of sp³-hybridized carbons (Fsp3) is 0.400. The first-order valence-electron chi connectivity index (χ1n) is 9.34. The third kappa shape index (κ3) is 2.83. The van der Waals surface area contributed by atoms with Crippen LogP contribution in [0.3, 0.4) is 0 Å². The summed E-state index contributed by atoms with van der Waals surface area (Å²) in [6, 6.07) is 10.6. The van der Waals surface area contributed by atoms with E-state index < -0.39 is 0 Å². The SMILES string of the molecule is O=c1[nH]c(CN2CCN(c3ccccc3)CC2)nc2sc3c(c12)CCC3. The first kappa shape index (κ1) is 16.0. The zero-order chi connectivity index (χ0) is 17.5. The predicted molar refractivity (Wildman–Crippen MR) is 106 cm³/mol. The molecule has 1 N–H and O–H groups in total. The molecule has 0 spiro atoms. The van der Waals surface area contributed by atoms with Crippen molar-refractivity contribution >= 4 is 27.2 Å². The summed E-state index contributed by atoms with van der Waals surface area (Å²) in [4.78, 5) is 27.5. The van der Waals surface area contributed by atoms with Crippen LogP contribution in [0, 0.1) is 0 Å². The van der Waals surface area contributed by atoms with Crippen LogP contribution in [0.4, 0.5) is 5.69 Å². The van der Waals surface area contributed by atoms with Crippen molar-refractivity contribution in [2.45, 2.75) is 25.8 Å². The molecule has 26 heavy (non-hydrogen) atoms. The molecule has 2 aromatic heterocycles. The van der Waals surface area contributed by atoms with Gasteiger partial charge >= 0.3 is 0 Å². The molecule has 2 aliphatic rings. The van der Waals surface area contributed by atoms with Crippen molar-refractivity contribution in [2.24, 2.45) is 0 Å². The molecule has 1 saturated heterocycles. The maximum atomic E-state index is 12.6. The fourth-order valence-corrected chi connectivity index (χ4v) is 5.42. The second kappa shape index (κ2) is 6.52. The first-order valence-corrected chi connectivity index (χ1v) is 10.2. The summed E-state index contributed by atoms with van der Waals surface area (Å²) in [5.74, 6) is 0.801. The highest BCUT2D eigenvalue weighted by atomic mass is 32.1. The molecule has 6 heteroatoms. The van der Waals surface area contributed by atoms with Gasteiger partial charge in [0.1, 0.15) is 10.7 Å². The van der Waals surface area contributed by atoms with Crippen LogP contribution >= 0.6 is 11.3 Å². The van der Waals surface area contributed by atoms with Crippen molar-refractivity contribution in [2.75, 3.05) is 31.1 Å². The van der Waals surface area contributed by atoms with E-state index in [1.165, 1.54) is 22.5 Å². The normalized spacial score (nSPS) is 17.8. The molecule has 0 amide bonds. The summed E-state index contributed by atoms with van der Waals surface area (Å²) >= 11 is 1.72. The van der Waals surface area contributed by atoms with E-state index in [-0.39, 0.29) is 5.56 Å². The van der Waals surface area contributed by atoms with Gasteiger partial charge in [-0.1, -0.05) is 18.2 Å². The zero-order valence-electron chi connectivity index (χ0n) is 14.7. The lowest BCUT2D eigenvalue weighted by Gasteiger charge is -2.35. The topological polar surface area (TPSA) is 52.2 Å². The van der Waals surface area contributed by atoms with Crippen molar-refractivity contribution in [1.29, 1.82) is 0 Å². The molecule has 3 heterocycles. The van der Waals surface area contributed by atoms with Crippen LogP contribution in [0.2, 0.25) is 0 Å². The number of aryl methyl sites for hydroxylation is 2. The Hall–Kier alpha value is -2.18. The number of anilines is 1. The molecule has 0 radical (unpaired) electrons. The van der Waals surface area contributed by atoms with Crippen LogP contribution in [0.5, 0.6) is 0 Å². The number of hydrogen-bond acceptors (Lipinski definition) is 5. The number of piperazine rings is 1. The number of benzene rings is 1. The molecule has 0 atom stereocenters. The van der Waals surface area contributed by atoms with Gasteiger partial charge in [-0.15, -0.1) is 11.3 Å². The van der Waals surface area contributed by atoms with Gasteiger partial charge in [-0.2, -0.15) is 0 Å². The molecule has 1 fully saturated rings. The van der Waals surface area contributed by atoms with Crippen molar-refractivity contribution in [3.8, 4) is 0 Å². The molecule has 0 bridgehead atoms. The smallest absolute Gasteiger partial charge is 0.259 e. The predicted octanol–water partition coefficient (Wildman–Crippen LogP) is 2.80. The van der Waals surface area contributed by atoms with Gasteiger partial charge in [0.25, 0.3) is 5.56 Å². The van der Waals surface area contributed by atoms with Crippen LogP contribution in [0.1, 0.15) is 22.7 Å². The molecule has 1 aliphatic carbocycles. The molecule has 3 aromatic rings. The standard InChI is InChI=1S/C20H22N4OS/c25-19-18-15-7-4-8-16(15)26-20(18)22-17(21-19)13-23-9-11-24(12-10-23)14-5-2-1-3-6-14/h1-3,5-6H,4,7-13H2,(H,21,22,25). The lowest BCUT2D eigenvalue weighted by molar-refractivity contribution is 0.244. The number of H-pyrrole nitrogens is 1. The fourth-order valence-electron chi connectivity index (χ4n) is 4.14. The lowest BCUT2D eigenvalue weighted by atomic mass is 10.2. The van der Waals surface area contributed by atoms with Crippen molar-refractivity contribution in [3.63, 3.8) is 0 Å². The van der Waals surface area contributed by atoms with E-state index in [0.717, 1.165) is 61.6 Å². The molecular weight excluding hydrogens is 344 g/mol. The number of nitrogens with zero attached hydrogens (tertiary/aromatic N) is 3. The molecule has 1 aliphatic heterocycles. The summed E-state index contributed by atoms with van der Waals surface area (Å²) in [6.45, 7) is 4.69. The Morgan fingerprint density at radius 1 is 1.08 bits per heavy atom. The minimum absolute atomic E-state index is 0.0484. The van der Waals surface area contributed by atoms with Crippen molar-refractivity contribution in [3.05, 3.63) is 57.0 Å². The minimum atomic E-state index is 0.0484. The summed E-state index contributed by atoms with van der Waals surface area (Å²) in [5.41, 5.74) is 2.59. The Bertz CT molecular complexity index is 986. The maximum absolute atomic E-state index is 12.6. The summed E-state index contributed by atoms with van der Waals surface area (Å²) < 4.78 is 0. The molecule has 0 unspecified atom stereocenters. The van der Waals surface area contributed by atoms with Gasteiger partial charge in [0.2, 0.25) is 0 Å². The van der Waals surface area contributed by atoms with E-state index in [9.17, 15) is 4.79 Å². The molecule has 0 saturated carbocycles. The number of fused-ring (bicyclic) bond motifs is 3. The Kier molecular flexibility index (Phi) is 4.02. The van der Waals surface area contributed by atoms with E-state index in [1.807, 2.05) is 0 Å². The van der Waals surface area contributed by atoms with Crippen LogP contribution in [0.15, 0.2) is 35.1 Å². The van der Waals surface area contributed by atoms with E-state index in [4.69, 9.17) is 4.98 Å². The number of thiophene rings is 1. The highest BCUT2D eigenvalue weighted by molar-refractivity contribution is 7.18. The van der Waals surface area contributed by atoms with Crippen LogP contribution < -0.4 is 10.5 Å². The molecule has 134 valence electrons. The average molecular weight is 366 g/mol. The summed E-state index contributed by atoms with van der Waals surface area (Å²) in [6.07, 6.45) is 3.30. The van der Waals surface area contributed by atoms with Crippen LogP contribution in [-0.2, 0) is 19.4 Å². The van der Waals surface area contributed by atoms with Gasteiger partial charge < -0.3 is 9.88 Å². The highest BCUT2D eigenvalue weighted by Crippen LogP contribution is 2.34. The number of hydrogen-bond donors (Lipinski definition) is 1. The van der Waals surface area contributed by atoms with Gasteiger partial charge in [0.05, 0.1) is 11.9 Å². The molecular formula is C20H22N4OS. The Morgan fingerprint density at radius 2 is 1.88 bits per heavy atom. The Balaban J connectivity index is 1.31. The van der Waals surface area contributed by atoms with E-state index >= 15 is 0 Å². The third-order valence-electron chi connectivity index (χ3n) is 5.49. The molecule has 5 rings (SSSR count). The lowest BCUT2D eigenvalue weighted by Crippen LogP contribution is -2.46. The number of aromatic amines is 1. The third-order valence-corrected chi connectivity index (χ3v) is 6.68. The second-order valence-corrected chi connectivity index (χ2v) is 8.23. The van der Waals surface area contributed by atoms with Gasteiger partial charge in [0, 0.05) is 36.7 Å². The molecule has 1 aromatic carbocycles. The quantitative estimate of drug-likeness (QED) is 0.774. The number of para-hydroxylation sites is 1. The van der Waals surface area contributed by atoms with Crippen molar-refractivity contribution in [1.82, 2.24) is 14.9 Å². The van der Waals surface area contributed by atoms with E-state index in [2.05, 4.69) is 45.1 Å². The Labute approximate surface area is 156 Å². The van der Waals surface area contributed by atoms with E-state index in [1.54, 1.807) is 11.3 Å². The van der Waals surface area contributed by atoms with Gasteiger partial charge in [-0.05, 0) is 37.0 Å².